The van der Waals surface area contributed by atoms with E-state index in [0.29, 0.717) is 25.0 Å². The highest BCUT2D eigenvalue weighted by Gasteiger charge is 2.55. The molecule has 0 saturated carbocycles. The van der Waals surface area contributed by atoms with Crippen molar-refractivity contribution in [3.8, 4) is 11.5 Å². The average molecular weight is 377 g/mol. The Morgan fingerprint density at radius 3 is 2.64 bits per heavy atom. The van der Waals surface area contributed by atoms with Gasteiger partial charge in [-0.05, 0) is 37.6 Å². The van der Waals surface area contributed by atoms with E-state index in [1.807, 2.05) is 55.5 Å². The van der Waals surface area contributed by atoms with E-state index in [1.54, 1.807) is 4.90 Å². The van der Waals surface area contributed by atoms with Crippen LogP contribution < -0.4 is 4.90 Å². The number of aryl methyl sites for hydroxylation is 1. The monoisotopic (exact) mass is 377 g/mol. The topological polar surface area (TPSA) is 77.7 Å². The van der Waals surface area contributed by atoms with Crippen LogP contribution in [0.1, 0.15) is 23.4 Å². The third kappa shape index (κ3) is 2.63. The number of benzene rings is 2. The Morgan fingerprint density at radius 1 is 1.07 bits per heavy atom. The van der Waals surface area contributed by atoms with Gasteiger partial charge in [-0.3, -0.25) is 9.69 Å². The van der Waals surface area contributed by atoms with Crippen LogP contribution in [0.4, 0.5) is 5.69 Å². The van der Waals surface area contributed by atoms with Crippen LogP contribution in [0, 0.1) is 6.92 Å². The molecule has 0 unspecified atom stereocenters. The Labute approximate surface area is 161 Å². The average Bonchev–Trinajstić information content (AvgIpc) is 3.28. The lowest BCUT2D eigenvalue weighted by atomic mass is 10.0. The molecule has 3 heterocycles. The van der Waals surface area contributed by atoms with Crippen LogP contribution in [0.3, 0.4) is 0 Å². The quantitative estimate of drug-likeness (QED) is 0.698. The molecule has 2 aliphatic heterocycles. The molecule has 1 saturated heterocycles. The van der Waals surface area contributed by atoms with Crippen molar-refractivity contribution in [1.82, 2.24) is 10.2 Å². The van der Waals surface area contributed by atoms with Crippen LogP contribution in [0.15, 0.2) is 52.9 Å². The van der Waals surface area contributed by atoms with Gasteiger partial charge in [-0.25, -0.2) is 0 Å². The maximum atomic E-state index is 13.3. The van der Waals surface area contributed by atoms with Gasteiger partial charge in [0.2, 0.25) is 11.8 Å². The third-order valence-electron chi connectivity index (χ3n) is 5.00. The molecule has 0 atom stereocenters. The summed E-state index contributed by atoms with van der Waals surface area (Å²) in [7, 11) is 0. The summed E-state index contributed by atoms with van der Waals surface area (Å²) < 4.78 is 17.6. The van der Waals surface area contributed by atoms with Crippen molar-refractivity contribution in [3.63, 3.8) is 0 Å². The number of aromatic nitrogens is 2. The lowest BCUT2D eigenvalue weighted by Gasteiger charge is -2.32. The first-order valence-electron chi connectivity index (χ1n) is 9.26. The standard InChI is InChI=1S/C21H19N3O4/c1-14-8-9-17-16(12-14)21(26-10-5-11-27-21)20(25)24(17)13-18-22-23-19(28-18)15-6-3-2-4-7-15/h2-4,6-9,12H,5,10-11,13H2,1H3. The van der Waals surface area contributed by atoms with Crippen molar-refractivity contribution in [2.75, 3.05) is 18.1 Å². The van der Waals surface area contributed by atoms with Gasteiger partial charge >= 0.3 is 0 Å². The minimum atomic E-state index is -1.37. The molecule has 1 spiro atoms. The molecule has 28 heavy (non-hydrogen) atoms. The SMILES string of the molecule is Cc1ccc2c(c1)C1(OCCCO1)C(=O)N2Cc1nnc(-c2ccccc2)o1. The number of rotatable bonds is 3. The predicted molar refractivity (Wildman–Crippen MR) is 100 cm³/mol. The maximum absolute atomic E-state index is 13.3. The van der Waals surface area contributed by atoms with Crippen molar-refractivity contribution in [3.05, 3.63) is 65.5 Å². The highest BCUT2D eigenvalue weighted by atomic mass is 16.7. The molecule has 3 aromatic rings. The Bertz CT molecular complexity index is 1030. The number of carbonyl (C=O) groups excluding carboxylic acids is 1. The molecule has 5 rings (SSSR count). The van der Waals surface area contributed by atoms with Crippen LogP contribution in [-0.4, -0.2) is 29.3 Å². The number of anilines is 1. The lowest BCUT2D eigenvalue weighted by molar-refractivity contribution is -0.256. The van der Waals surface area contributed by atoms with Gasteiger partial charge < -0.3 is 13.9 Å². The zero-order valence-electron chi connectivity index (χ0n) is 15.4. The van der Waals surface area contributed by atoms with Gasteiger partial charge in [0.05, 0.1) is 18.9 Å². The van der Waals surface area contributed by atoms with Crippen LogP contribution in [0.25, 0.3) is 11.5 Å². The van der Waals surface area contributed by atoms with Gasteiger partial charge in [0.15, 0.2) is 0 Å². The molecule has 2 aromatic carbocycles. The van der Waals surface area contributed by atoms with Crippen molar-refractivity contribution in [2.24, 2.45) is 0 Å². The third-order valence-corrected chi connectivity index (χ3v) is 5.00. The molecule has 2 aliphatic rings. The maximum Gasteiger partial charge on any atom is 0.293 e. The number of hydrogen-bond donors (Lipinski definition) is 0. The second-order valence-electron chi connectivity index (χ2n) is 6.95. The van der Waals surface area contributed by atoms with E-state index in [1.165, 1.54) is 0 Å². The minimum Gasteiger partial charge on any atom is -0.419 e. The molecule has 0 bridgehead atoms. The number of amides is 1. The van der Waals surface area contributed by atoms with E-state index in [9.17, 15) is 4.79 Å². The van der Waals surface area contributed by atoms with Gasteiger partial charge in [-0.1, -0.05) is 29.8 Å². The molecule has 0 N–H and O–H groups in total. The van der Waals surface area contributed by atoms with E-state index in [4.69, 9.17) is 13.9 Å². The van der Waals surface area contributed by atoms with Crippen molar-refractivity contribution in [1.29, 1.82) is 0 Å². The normalized spacial score (nSPS) is 17.9. The molecule has 7 heteroatoms. The van der Waals surface area contributed by atoms with Crippen molar-refractivity contribution >= 4 is 11.6 Å². The first-order valence-corrected chi connectivity index (χ1v) is 9.26. The molecule has 1 aromatic heterocycles. The molecule has 142 valence electrons. The smallest absolute Gasteiger partial charge is 0.293 e. The summed E-state index contributed by atoms with van der Waals surface area (Å²) in [6, 6.07) is 15.3. The van der Waals surface area contributed by atoms with Crippen LogP contribution in [0.5, 0.6) is 0 Å². The summed E-state index contributed by atoms with van der Waals surface area (Å²) in [5, 5.41) is 8.23. The Morgan fingerprint density at radius 2 is 1.86 bits per heavy atom. The van der Waals surface area contributed by atoms with Crippen molar-refractivity contribution in [2.45, 2.75) is 25.7 Å². The van der Waals surface area contributed by atoms with Gasteiger partial charge in [-0.2, -0.15) is 0 Å². The van der Waals surface area contributed by atoms with E-state index in [-0.39, 0.29) is 12.5 Å². The summed E-state index contributed by atoms with van der Waals surface area (Å²) in [5.74, 6) is -0.855. The van der Waals surface area contributed by atoms with Crippen LogP contribution in [-0.2, 0) is 26.6 Å². The van der Waals surface area contributed by atoms with Crippen LogP contribution >= 0.6 is 0 Å². The summed E-state index contributed by atoms with van der Waals surface area (Å²) in [5.41, 5.74) is 3.35. The zero-order valence-corrected chi connectivity index (χ0v) is 15.4. The largest absolute Gasteiger partial charge is 0.419 e. The van der Waals surface area contributed by atoms with Gasteiger partial charge in [0, 0.05) is 11.1 Å². The molecule has 0 aliphatic carbocycles. The number of carbonyl (C=O) groups is 1. The highest BCUT2D eigenvalue weighted by molar-refractivity contribution is 6.06. The Hall–Kier alpha value is -3.03. The van der Waals surface area contributed by atoms with Gasteiger partial charge in [0.1, 0.15) is 6.54 Å². The Balaban J connectivity index is 1.49. The fourth-order valence-corrected chi connectivity index (χ4v) is 3.67. The molecule has 1 amide bonds. The number of nitrogens with zero attached hydrogens (tertiary/aromatic N) is 3. The number of fused-ring (bicyclic) bond motifs is 2. The lowest BCUT2D eigenvalue weighted by Crippen LogP contribution is -2.47. The molecular weight excluding hydrogens is 358 g/mol. The second-order valence-corrected chi connectivity index (χ2v) is 6.95. The van der Waals surface area contributed by atoms with E-state index in [0.717, 1.165) is 28.8 Å². The number of hydrogen-bond acceptors (Lipinski definition) is 6. The van der Waals surface area contributed by atoms with Crippen molar-refractivity contribution < 1.29 is 18.7 Å². The Kier molecular flexibility index (Phi) is 3.99. The summed E-state index contributed by atoms with van der Waals surface area (Å²) in [6.45, 7) is 3.09. The predicted octanol–water partition coefficient (Wildman–Crippen LogP) is 3.18. The van der Waals surface area contributed by atoms with Gasteiger partial charge in [-0.15, -0.1) is 10.2 Å². The first-order chi connectivity index (χ1) is 13.7. The minimum absolute atomic E-state index is 0.156. The summed E-state index contributed by atoms with van der Waals surface area (Å²) in [4.78, 5) is 14.9. The highest BCUT2D eigenvalue weighted by Crippen LogP contribution is 2.46. The van der Waals surface area contributed by atoms with E-state index in [2.05, 4.69) is 10.2 Å². The zero-order chi connectivity index (χ0) is 19.1. The van der Waals surface area contributed by atoms with E-state index >= 15 is 0 Å². The van der Waals surface area contributed by atoms with Gasteiger partial charge in [0.25, 0.3) is 11.7 Å². The first kappa shape index (κ1) is 17.1. The second kappa shape index (κ2) is 6.54. The van der Waals surface area contributed by atoms with Crippen LogP contribution in [0.2, 0.25) is 0 Å². The summed E-state index contributed by atoms with van der Waals surface area (Å²) in [6.07, 6.45) is 0.764. The molecule has 1 fully saturated rings. The number of ether oxygens (including phenoxy) is 2. The molecular formula is C21H19N3O4. The summed E-state index contributed by atoms with van der Waals surface area (Å²) >= 11 is 0. The molecule has 7 nitrogen and oxygen atoms in total. The fourth-order valence-electron chi connectivity index (χ4n) is 3.67. The van der Waals surface area contributed by atoms with E-state index < -0.39 is 5.79 Å². The fraction of sp³-hybridized carbons (Fsp3) is 0.286. The molecule has 0 radical (unpaired) electrons.